The van der Waals surface area contributed by atoms with Gasteiger partial charge in [-0.15, -0.1) is 0 Å². The number of benzene rings is 1. The van der Waals surface area contributed by atoms with Crippen molar-refractivity contribution in [2.75, 3.05) is 6.54 Å². The Bertz CT molecular complexity index is 371. The van der Waals surface area contributed by atoms with Gasteiger partial charge in [-0.1, -0.05) is 39.8 Å². The highest BCUT2D eigenvalue weighted by Crippen LogP contribution is 2.28. The highest BCUT2D eigenvalue weighted by atomic mass is 16.3. The van der Waals surface area contributed by atoms with Crippen LogP contribution < -0.4 is 0 Å². The van der Waals surface area contributed by atoms with Crippen LogP contribution in [0.4, 0.5) is 0 Å². The second-order valence-corrected chi connectivity index (χ2v) is 5.83. The van der Waals surface area contributed by atoms with Crippen LogP contribution in [0.2, 0.25) is 0 Å². The Kier molecular flexibility index (Phi) is 6.36. The average Bonchev–Trinajstić information content (AvgIpc) is 2.37. The fourth-order valence-corrected chi connectivity index (χ4v) is 2.78. The third-order valence-corrected chi connectivity index (χ3v) is 3.84. The van der Waals surface area contributed by atoms with E-state index >= 15 is 0 Å². The Hall–Kier alpha value is -1.02. The average molecular weight is 263 g/mol. The van der Waals surface area contributed by atoms with Crippen molar-refractivity contribution in [2.45, 2.75) is 59.5 Å². The summed E-state index contributed by atoms with van der Waals surface area (Å²) >= 11 is 0. The molecule has 1 atom stereocenters. The van der Waals surface area contributed by atoms with Crippen LogP contribution in [0.5, 0.6) is 5.75 Å². The smallest absolute Gasteiger partial charge is 0.115 e. The van der Waals surface area contributed by atoms with Gasteiger partial charge in [-0.2, -0.15) is 0 Å². The minimum atomic E-state index is 0.347. The van der Waals surface area contributed by atoms with Gasteiger partial charge in [-0.05, 0) is 43.4 Å². The largest absolute Gasteiger partial charge is 0.508 e. The van der Waals surface area contributed by atoms with Crippen LogP contribution in [0.25, 0.3) is 0 Å². The van der Waals surface area contributed by atoms with Crippen LogP contribution in [0.15, 0.2) is 24.3 Å². The van der Waals surface area contributed by atoms with Gasteiger partial charge >= 0.3 is 0 Å². The van der Waals surface area contributed by atoms with Crippen molar-refractivity contribution in [3.05, 3.63) is 29.8 Å². The monoisotopic (exact) mass is 263 g/mol. The molecular weight excluding hydrogens is 234 g/mol. The minimum absolute atomic E-state index is 0.347. The lowest BCUT2D eigenvalue weighted by Crippen LogP contribution is -2.39. The summed E-state index contributed by atoms with van der Waals surface area (Å²) in [6.07, 6.45) is 2.35. The Morgan fingerprint density at radius 2 is 1.74 bits per heavy atom. The molecular formula is C17H29NO. The van der Waals surface area contributed by atoms with Crippen molar-refractivity contribution in [2.24, 2.45) is 5.92 Å². The summed E-state index contributed by atoms with van der Waals surface area (Å²) in [5, 5.41) is 9.66. The van der Waals surface area contributed by atoms with Gasteiger partial charge in [0.2, 0.25) is 0 Å². The molecule has 1 aromatic carbocycles. The van der Waals surface area contributed by atoms with E-state index in [4.69, 9.17) is 0 Å². The van der Waals surface area contributed by atoms with Gasteiger partial charge in [0, 0.05) is 18.6 Å². The van der Waals surface area contributed by atoms with Crippen molar-refractivity contribution in [1.29, 1.82) is 0 Å². The molecule has 0 spiro atoms. The van der Waals surface area contributed by atoms with Gasteiger partial charge in [-0.3, -0.25) is 4.90 Å². The summed E-state index contributed by atoms with van der Waals surface area (Å²) in [5.41, 5.74) is 1.20. The molecule has 0 saturated heterocycles. The van der Waals surface area contributed by atoms with E-state index in [2.05, 4.69) is 45.6 Å². The molecule has 0 aromatic heterocycles. The van der Waals surface area contributed by atoms with Crippen molar-refractivity contribution in [3.63, 3.8) is 0 Å². The van der Waals surface area contributed by atoms with Crippen molar-refractivity contribution in [1.82, 2.24) is 4.90 Å². The van der Waals surface area contributed by atoms with E-state index in [9.17, 15) is 5.11 Å². The van der Waals surface area contributed by atoms with Crippen LogP contribution in [-0.2, 0) is 0 Å². The molecule has 0 aliphatic heterocycles. The lowest BCUT2D eigenvalue weighted by atomic mass is 10.00. The third kappa shape index (κ3) is 4.54. The van der Waals surface area contributed by atoms with E-state index < -0.39 is 0 Å². The van der Waals surface area contributed by atoms with E-state index in [1.165, 1.54) is 18.4 Å². The lowest BCUT2D eigenvalue weighted by molar-refractivity contribution is 0.118. The van der Waals surface area contributed by atoms with Crippen molar-refractivity contribution in [3.8, 4) is 5.75 Å². The fourth-order valence-electron chi connectivity index (χ4n) is 2.78. The molecule has 1 unspecified atom stereocenters. The highest BCUT2D eigenvalue weighted by Gasteiger charge is 2.23. The van der Waals surface area contributed by atoms with Crippen molar-refractivity contribution >= 4 is 0 Å². The summed E-state index contributed by atoms with van der Waals surface area (Å²) in [5.74, 6) is 1.01. The number of hydrogen-bond acceptors (Lipinski definition) is 2. The predicted octanol–water partition coefficient (Wildman–Crippen LogP) is 4.60. The topological polar surface area (TPSA) is 23.5 Å². The molecule has 0 bridgehead atoms. The van der Waals surface area contributed by atoms with E-state index in [1.807, 2.05) is 12.1 Å². The first kappa shape index (κ1) is 16.0. The summed E-state index contributed by atoms with van der Waals surface area (Å²) in [6, 6.07) is 8.63. The Morgan fingerprint density at radius 3 is 2.21 bits per heavy atom. The van der Waals surface area contributed by atoms with Crippen LogP contribution in [0.3, 0.4) is 0 Å². The zero-order valence-electron chi connectivity index (χ0n) is 13.1. The maximum absolute atomic E-state index is 9.66. The summed E-state index contributed by atoms with van der Waals surface area (Å²) in [7, 11) is 0. The van der Waals surface area contributed by atoms with E-state index in [0.717, 1.165) is 6.54 Å². The molecule has 1 rings (SSSR count). The lowest BCUT2D eigenvalue weighted by Gasteiger charge is -2.37. The quantitative estimate of drug-likeness (QED) is 0.777. The SMILES string of the molecule is CCC(CC)N(CC(C)C)C(C)c1cccc(O)c1. The van der Waals surface area contributed by atoms with Crippen LogP contribution in [-0.4, -0.2) is 22.6 Å². The van der Waals surface area contributed by atoms with Gasteiger partial charge in [0.15, 0.2) is 0 Å². The first-order chi connectivity index (χ1) is 8.99. The molecule has 0 saturated carbocycles. The number of rotatable bonds is 7. The van der Waals surface area contributed by atoms with E-state index in [-0.39, 0.29) is 0 Å². The van der Waals surface area contributed by atoms with Gasteiger partial charge in [0.25, 0.3) is 0 Å². The molecule has 19 heavy (non-hydrogen) atoms. The standard InChI is InChI=1S/C17H29NO/c1-6-16(7-2)18(12-13(3)4)14(5)15-9-8-10-17(19)11-15/h8-11,13-14,16,19H,6-7,12H2,1-5H3. The minimum Gasteiger partial charge on any atom is -0.508 e. The molecule has 0 amide bonds. The van der Waals surface area contributed by atoms with Gasteiger partial charge < -0.3 is 5.11 Å². The molecule has 0 fully saturated rings. The summed E-state index contributed by atoms with van der Waals surface area (Å²) < 4.78 is 0. The molecule has 0 radical (unpaired) electrons. The van der Waals surface area contributed by atoms with Crippen LogP contribution >= 0.6 is 0 Å². The zero-order valence-corrected chi connectivity index (χ0v) is 13.1. The first-order valence-corrected chi connectivity index (χ1v) is 7.54. The van der Waals surface area contributed by atoms with E-state index in [0.29, 0.717) is 23.8 Å². The Morgan fingerprint density at radius 1 is 1.11 bits per heavy atom. The number of phenols is 1. The fraction of sp³-hybridized carbons (Fsp3) is 0.647. The Balaban J connectivity index is 2.95. The molecule has 1 aromatic rings. The second-order valence-electron chi connectivity index (χ2n) is 5.83. The molecule has 0 aliphatic rings. The molecule has 0 aliphatic carbocycles. The Labute approximate surface area is 118 Å². The number of nitrogens with zero attached hydrogens (tertiary/aromatic N) is 1. The first-order valence-electron chi connectivity index (χ1n) is 7.54. The van der Waals surface area contributed by atoms with Gasteiger partial charge in [0.1, 0.15) is 5.75 Å². The number of hydrogen-bond donors (Lipinski definition) is 1. The highest BCUT2D eigenvalue weighted by molar-refractivity contribution is 5.29. The normalized spacial score (nSPS) is 13.5. The van der Waals surface area contributed by atoms with Gasteiger partial charge in [-0.25, -0.2) is 0 Å². The molecule has 1 N–H and O–H groups in total. The zero-order chi connectivity index (χ0) is 14.4. The molecule has 2 nitrogen and oxygen atoms in total. The molecule has 2 heteroatoms. The van der Waals surface area contributed by atoms with Gasteiger partial charge in [0.05, 0.1) is 0 Å². The van der Waals surface area contributed by atoms with Crippen molar-refractivity contribution < 1.29 is 5.11 Å². The number of aromatic hydroxyl groups is 1. The summed E-state index contributed by atoms with van der Waals surface area (Å²) in [6.45, 7) is 12.4. The maximum Gasteiger partial charge on any atom is 0.115 e. The predicted molar refractivity (Wildman–Crippen MR) is 82.4 cm³/mol. The second kappa shape index (κ2) is 7.54. The molecule has 0 heterocycles. The summed E-state index contributed by atoms with van der Waals surface area (Å²) in [4.78, 5) is 2.58. The maximum atomic E-state index is 9.66. The number of phenolic OH excluding ortho intramolecular Hbond substituents is 1. The van der Waals surface area contributed by atoms with E-state index in [1.54, 1.807) is 6.07 Å². The molecule has 108 valence electrons. The van der Waals surface area contributed by atoms with Crippen LogP contribution in [0, 0.1) is 5.92 Å². The van der Waals surface area contributed by atoms with Crippen LogP contribution in [0.1, 0.15) is 59.1 Å². The third-order valence-electron chi connectivity index (χ3n) is 3.84.